The minimum atomic E-state index is 0. The number of allylic oxidation sites excluding steroid dienone is 5. The molecule has 0 aliphatic rings. The molecule has 0 saturated heterocycles. The lowest BCUT2D eigenvalue weighted by Gasteiger charge is -1.96. The van der Waals surface area contributed by atoms with Crippen molar-refractivity contribution in [2.24, 2.45) is 0 Å². The SMILES string of the molecule is C.C.C=C/C(C)=C\C(C)=C(C)C. The lowest BCUT2D eigenvalue weighted by molar-refractivity contribution is 1.28. The van der Waals surface area contributed by atoms with Gasteiger partial charge in [0.2, 0.25) is 0 Å². The predicted octanol–water partition coefficient (Wildman–Crippen LogP) is 4.75. The minimum Gasteiger partial charge on any atom is -0.0988 e. The highest BCUT2D eigenvalue weighted by Gasteiger charge is 1.86. The van der Waals surface area contributed by atoms with Crippen molar-refractivity contribution in [3.63, 3.8) is 0 Å². The molecule has 0 fully saturated rings. The monoisotopic (exact) mass is 168 g/mol. The first kappa shape index (κ1) is 17.3. The molecule has 72 valence electrons. The Labute approximate surface area is 78.7 Å². The van der Waals surface area contributed by atoms with Crippen LogP contribution < -0.4 is 0 Å². The Kier molecular flexibility index (Phi) is 12.0. The van der Waals surface area contributed by atoms with Crippen LogP contribution in [0.5, 0.6) is 0 Å². The van der Waals surface area contributed by atoms with Gasteiger partial charge in [0.15, 0.2) is 0 Å². The van der Waals surface area contributed by atoms with E-state index in [2.05, 4.69) is 40.3 Å². The second-order valence-corrected chi connectivity index (χ2v) is 2.78. The number of hydrogen-bond donors (Lipinski definition) is 0. The quantitative estimate of drug-likeness (QED) is 0.522. The fraction of sp³-hybridized carbons (Fsp3) is 0.500. The summed E-state index contributed by atoms with van der Waals surface area (Å²) in [6.45, 7) is 12.1. The van der Waals surface area contributed by atoms with Crippen molar-refractivity contribution in [1.29, 1.82) is 0 Å². The van der Waals surface area contributed by atoms with Gasteiger partial charge in [-0.2, -0.15) is 0 Å². The molecule has 0 aromatic heterocycles. The fourth-order valence-electron chi connectivity index (χ4n) is 0.545. The molecule has 0 unspecified atom stereocenters. The summed E-state index contributed by atoms with van der Waals surface area (Å²) in [5, 5.41) is 0. The van der Waals surface area contributed by atoms with Gasteiger partial charge in [0.25, 0.3) is 0 Å². The van der Waals surface area contributed by atoms with Gasteiger partial charge in [0.1, 0.15) is 0 Å². The first-order chi connectivity index (χ1) is 4.57. The third kappa shape index (κ3) is 7.33. The molecule has 0 rings (SSSR count). The van der Waals surface area contributed by atoms with Crippen LogP contribution in [0.25, 0.3) is 0 Å². The van der Waals surface area contributed by atoms with Gasteiger partial charge >= 0.3 is 0 Å². The molecule has 0 heterocycles. The summed E-state index contributed by atoms with van der Waals surface area (Å²) in [6.07, 6.45) is 4.01. The molecule has 0 aromatic carbocycles. The topological polar surface area (TPSA) is 0 Å². The van der Waals surface area contributed by atoms with E-state index in [1.807, 2.05) is 6.08 Å². The molecule has 12 heavy (non-hydrogen) atoms. The molecule has 0 N–H and O–H groups in total. The summed E-state index contributed by atoms with van der Waals surface area (Å²) in [5.74, 6) is 0. The molecule has 0 aliphatic heterocycles. The number of hydrogen-bond acceptors (Lipinski definition) is 0. The maximum absolute atomic E-state index is 3.68. The van der Waals surface area contributed by atoms with Gasteiger partial charge in [-0.1, -0.05) is 50.3 Å². The molecule has 0 radical (unpaired) electrons. The van der Waals surface area contributed by atoms with E-state index in [4.69, 9.17) is 0 Å². The van der Waals surface area contributed by atoms with Gasteiger partial charge in [0.05, 0.1) is 0 Å². The molecule has 0 atom stereocenters. The molecule has 0 amide bonds. The Bertz CT molecular complexity index is 176. The van der Waals surface area contributed by atoms with Crippen LogP contribution in [0.4, 0.5) is 0 Å². The van der Waals surface area contributed by atoms with E-state index in [0.29, 0.717) is 0 Å². The van der Waals surface area contributed by atoms with Gasteiger partial charge < -0.3 is 0 Å². The summed E-state index contributed by atoms with van der Waals surface area (Å²) in [5.41, 5.74) is 3.91. The van der Waals surface area contributed by atoms with Gasteiger partial charge in [-0.25, -0.2) is 0 Å². The molecule has 0 spiro atoms. The summed E-state index contributed by atoms with van der Waals surface area (Å²) < 4.78 is 0. The smallest absolute Gasteiger partial charge is 0.0398 e. The summed E-state index contributed by atoms with van der Waals surface area (Å²) in [4.78, 5) is 0. The lowest BCUT2D eigenvalue weighted by atomic mass is 10.1. The second kappa shape index (κ2) is 8.32. The van der Waals surface area contributed by atoms with Crippen molar-refractivity contribution >= 4 is 0 Å². The van der Waals surface area contributed by atoms with Crippen molar-refractivity contribution in [3.05, 3.63) is 35.5 Å². The zero-order chi connectivity index (χ0) is 8.15. The molecule has 0 aliphatic carbocycles. The van der Waals surface area contributed by atoms with Crippen LogP contribution in [0, 0.1) is 0 Å². The van der Waals surface area contributed by atoms with Gasteiger partial charge in [-0.3, -0.25) is 0 Å². The van der Waals surface area contributed by atoms with E-state index in [0.717, 1.165) is 0 Å². The van der Waals surface area contributed by atoms with E-state index >= 15 is 0 Å². The van der Waals surface area contributed by atoms with Crippen LogP contribution in [0.2, 0.25) is 0 Å². The van der Waals surface area contributed by atoms with Gasteiger partial charge in [0, 0.05) is 0 Å². The highest BCUT2D eigenvalue weighted by molar-refractivity contribution is 5.28. The average molecular weight is 168 g/mol. The van der Waals surface area contributed by atoms with Crippen LogP contribution in [-0.2, 0) is 0 Å². The van der Waals surface area contributed by atoms with E-state index < -0.39 is 0 Å². The highest BCUT2D eigenvalue weighted by Crippen LogP contribution is 2.06. The van der Waals surface area contributed by atoms with Crippen molar-refractivity contribution in [2.45, 2.75) is 42.5 Å². The Morgan fingerprint density at radius 3 is 1.67 bits per heavy atom. The summed E-state index contributed by atoms with van der Waals surface area (Å²) >= 11 is 0. The summed E-state index contributed by atoms with van der Waals surface area (Å²) in [7, 11) is 0. The predicted molar refractivity (Wildman–Crippen MR) is 61.5 cm³/mol. The van der Waals surface area contributed by atoms with E-state index in [-0.39, 0.29) is 14.9 Å². The highest BCUT2D eigenvalue weighted by atomic mass is 13.9. The molecular formula is C12H24. The van der Waals surface area contributed by atoms with E-state index in [1.165, 1.54) is 16.7 Å². The van der Waals surface area contributed by atoms with Crippen LogP contribution in [-0.4, -0.2) is 0 Å². The normalized spacial score (nSPS) is 9.17. The molecule has 0 bridgehead atoms. The van der Waals surface area contributed by atoms with E-state index in [1.54, 1.807) is 0 Å². The standard InChI is InChI=1S/C10H16.2CH4/c1-6-9(4)7-10(5)8(2)3;;/h6-7H,1H2,2-5H3;2*1H4/b9-7-;;. The average Bonchev–Trinajstić information content (AvgIpc) is 1.87. The second-order valence-electron chi connectivity index (χ2n) is 2.78. The zero-order valence-electron chi connectivity index (χ0n) is 7.36. The maximum Gasteiger partial charge on any atom is -0.0398 e. The maximum atomic E-state index is 3.68. The molecule has 0 aromatic rings. The van der Waals surface area contributed by atoms with Crippen LogP contribution in [0.15, 0.2) is 35.5 Å². The third-order valence-corrected chi connectivity index (χ3v) is 1.55. The molecule has 0 saturated carbocycles. The van der Waals surface area contributed by atoms with Crippen LogP contribution >= 0.6 is 0 Å². The third-order valence-electron chi connectivity index (χ3n) is 1.55. The Balaban J connectivity index is -0.000000405. The minimum absolute atomic E-state index is 0. The number of rotatable bonds is 2. The molecule has 0 heteroatoms. The van der Waals surface area contributed by atoms with E-state index in [9.17, 15) is 0 Å². The largest absolute Gasteiger partial charge is 0.0988 e. The van der Waals surface area contributed by atoms with Crippen molar-refractivity contribution in [2.75, 3.05) is 0 Å². The Morgan fingerprint density at radius 1 is 1.00 bits per heavy atom. The lowest BCUT2D eigenvalue weighted by Crippen LogP contribution is -1.75. The molecule has 0 nitrogen and oxygen atoms in total. The fourth-order valence-corrected chi connectivity index (χ4v) is 0.545. The van der Waals surface area contributed by atoms with Crippen LogP contribution in [0.3, 0.4) is 0 Å². The van der Waals surface area contributed by atoms with Gasteiger partial charge in [-0.15, -0.1) is 0 Å². The first-order valence-corrected chi connectivity index (χ1v) is 3.52. The zero-order valence-corrected chi connectivity index (χ0v) is 7.36. The first-order valence-electron chi connectivity index (χ1n) is 3.52. The van der Waals surface area contributed by atoms with Crippen molar-refractivity contribution in [3.8, 4) is 0 Å². The van der Waals surface area contributed by atoms with Crippen molar-refractivity contribution in [1.82, 2.24) is 0 Å². The van der Waals surface area contributed by atoms with Gasteiger partial charge in [-0.05, 0) is 27.7 Å². The molecular weight excluding hydrogens is 144 g/mol. The Hall–Kier alpha value is -0.780. The summed E-state index contributed by atoms with van der Waals surface area (Å²) in [6, 6.07) is 0. The Morgan fingerprint density at radius 2 is 1.42 bits per heavy atom. The van der Waals surface area contributed by atoms with Crippen molar-refractivity contribution < 1.29 is 0 Å². The van der Waals surface area contributed by atoms with Crippen LogP contribution in [0.1, 0.15) is 42.5 Å².